The van der Waals surface area contributed by atoms with E-state index in [4.69, 9.17) is 5.11 Å². The molecule has 0 radical (unpaired) electrons. The SMILES string of the molecule is C[C@@H](CO)Nc1ccc(NC(=O)c2coc(C(F)(F)F)n2)cn1. The number of oxazole rings is 1. The van der Waals surface area contributed by atoms with E-state index >= 15 is 0 Å². The predicted molar refractivity (Wildman–Crippen MR) is 73.9 cm³/mol. The van der Waals surface area contributed by atoms with Crippen molar-refractivity contribution in [3.8, 4) is 0 Å². The lowest BCUT2D eigenvalue weighted by atomic mass is 10.3. The van der Waals surface area contributed by atoms with Gasteiger partial charge < -0.3 is 20.2 Å². The van der Waals surface area contributed by atoms with Crippen LogP contribution in [0.25, 0.3) is 0 Å². The maximum absolute atomic E-state index is 12.3. The van der Waals surface area contributed by atoms with Crippen LogP contribution in [-0.4, -0.2) is 33.6 Å². The van der Waals surface area contributed by atoms with Crippen LogP contribution in [0.5, 0.6) is 0 Å². The van der Waals surface area contributed by atoms with E-state index in [2.05, 4.69) is 25.0 Å². The van der Waals surface area contributed by atoms with Gasteiger partial charge in [0.2, 0.25) is 0 Å². The van der Waals surface area contributed by atoms with Gasteiger partial charge in [0.05, 0.1) is 18.5 Å². The first-order valence-corrected chi connectivity index (χ1v) is 6.47. The van der Waals surface area contributed by atoms with Gasteiger partial charge in [0.15, 0.2) is 5.69 Å². The van der Waals surface area contributed by atoms with Crippen LogP contribution < -0.4 is 10.6 Å². The highest BCUT2D eigenvalue weighted by atomic mass is 19.4. The lowest BCUT2D eigenvalue weighted by Gasteiger charge is -2.11. The number of carbonyl (C=O) groups excluding carboxylic acids is 1. The number of carbonyl (C=O) groups is 1. The van der Waals surface area contributed by atoms with Crippen LogP contribution in [0.15, 0.2) is 29.0 Å². The van der Waals surface area contributed by atoms with E-state index in [0.717, 1.165) is 0 Å². The van der Waals surface area contributed by atoms with Crippen molar-refractivity contribution in [1.82, 2.24) is 9.97 Å². The molecule has 0 aliphatic carbocycles. The molecule has 7 nitrogen and oxygen atoms in total. The van der Waals surface area contributed by atoms with Gasteiger partial charge in [-0.05, 0) is 19.1 Å². The summed E-state index contributed by atoms with van der Waals surface area (Å²) < 4.78 is 41.3. The summed E-state index contributed by atoms with van der Waals surface area (Å²) in [7, 11) is 0. The molecule has 23 heavy (non-hydrogen) atoms. The molecule has 1 atom stereocenters. The summed E-state index contributed by atoms with van der Waals surface area (Å²) >= 11 is 0. The molecule has 0 spiro atoms. The summed E-state index contributed by atoms with van der Waals surface area (Å²) in [6, 6.07) is 2.85. The summed E-state index contributed by atoms with van der Waals surface area (Å²) in [6.07, 6.45) is -2.81. The fraction of sp³-hybridized carbons (Fsp3) is 0.308. The van der Waals surface area contributed by atoms with Crippen LogP contribution in [0.1, 0.15) is 23.3 Å². The Morgan fingerprint density at radius 1 is 1.43 bits per heavy atom. The largest absolute Gasteiger partial charge is 0.468 e. The Balaban J connectivity index is 2.01. The smallest absolute Gasteiger partial charge is 0.441 e. The van der Waals surface area contributed by atoms with Crippen LogP contribution in [0.3, 0.4) is 0 Å². The third kappa shape index (κ3) is 4.42. The number of hydrogen-bond acceptors (Lipinski definition) is 6. The number of aliphatic hydroxyl groups is 1. The van der Waals surface area contributed by atoms with Crippen molar-refractivity contribution in [2.75, 3.05) is 17.2 Å². The molecule has 0 aromatic carbocycles. The normalized spacial score (nSPS) is 12.7. The Hall–Kier alpha value is -2.62. The lowest BCUT2D eigenvalue weighted by Crippen LogP contribution is -2.20. The number of aliphatic hydroxyl groups excluding tert-OH is 1. The second kappa shape index (κ2) is 6.65. The number of pyridine rings is 1. The topological polar surface area (TPSA) is 100 Å². The number of alkyl halides is 3. The first-order valence-electron chi connectivity index (χ1n) is 6.47. The molecule has 0 aliphatic rings. The Labute approximate surface area is 128 Å². The molecule has 3 N–H and O–H groups in total. The third-order valence-electron chi connectivity index (χ3n) is 2.67. The highest BCUT2D eigenvalue weighted by Crippen LogP contribution is 2.28. The van der Waals surface area contributed by atoms with E-state index in [1.807, 2.05) is 0 Å². The molecular weight excluding hydrogens is 317 g/mol. The third-order valence-corrected chi connectivity index (χ3v) is 2.67. The predicted octanol–water partition coefficient (Wildman–Crippen LogP) is 2.13. The second-order valence-electron chi connectivity index (χ2n) is 4.65. The van der Waals surface area contributed by atoms with Crippen molar-refractivity contribution in [2.24, 2.45) is 0 Å². The summed E-state index contributed by atoms with van der Waals surface area (Å²) in [5.41, 5.74) is -0.220. The van der Waals surface area contributed by atoms with Crippen molar-refractivity contribution < 1.29 is 27.5 Å². The number of nitrogens with zero attached hydrogens (tertiary/aromatic N) is 2. The minimum Gasteiger partial charge on any atom is -0.441 e. The van der Waals surface area contributed by atoms with Crippen molar-refractivity contribution in [3.05, 3.63) is 36.2 Å². The average Bonchev–Trinajstić information content (AvgIpc) is 2.99. The van der Waals surface area contributed by atoms with E-state index < -0.39 is 23.7 Å². The molecule has 2 rings (SSSR count). The molecule has 0 fully saturated rings. The van der Waals surface area contributed by atoms with E-state index in [1.54, 1.807) is 13.0 Å². The van der Waals surface area contributed by atoms with Gasteiger partial charge in [0, 0.05) is 6.04 Å². The van der Waals surface area contributed by atoms with E-state index in [0.29, 0.717) is 12.1 Å². The minimum atomic E-state index is -4.75. The van der Waals surface area contributed by atoms with Crippen molar-refractivity contribution in [2.45, 2.75) is 19.1 Å². The average molecular weight is 330 g/mol. The van der Waals surface area contributed by atoms with Crippen molar-refractivity contribution >= 4 is 17.4 Å². The fourth-order valence-electron chi connectivity index (χ4n) is 1.55. The quantitative estimate of drug-likeness (QED) is 0.776. The Kier molecular flexibility index (Phi) is 4.84. The highest BCUT2D eigenvalue weighted by molar-refractivity contribution is 6.02. The summed E-state index contributed by atoms with van der Waals surface area (Å²) in [6.45, 7) is 1.67. The molecule has 0 saturated heterocycles. The van der Waals surface area contributed by atoms with Gasteiger partial charge in [-0.2, -0.15) is 13.2 Å². The molecule has 2 aromatic rings. The number of hydrogen-bond donors (Lipinski definition) is 3. The molecule has 2 aromatic heterocycles. The Morgan fingerprint density at radius 2 is 2.17 bits per heavy atom. The van der Waals surface area contributed by atoms with Gasteiger partial charge in [-0.15, -0.1) is 0 Å². The molecule has 124 valence electrons. The summed E-state index contributed by atoms with van der Waals surface area (Å²) in [5.74, 6) is -1.86. The monoisotopic (exact) mass is 330 g/mol. The fourth-order valence-corrected chi connectivity index (χ4v) is 1.55. The van der Waals surface area contributed by atoms with Gasteiger partial charge in [-0.1, -0.05) is 0 Å². The Bertz CT molecular complexity index is 670. The summed E-state index contributed by atoms with van der Waals surface area (Å²) in [5, 5.41) is 14.2. The molecular formula is C13H13F3N4O3. The van der Waals surface area contributed by atoms with Crippen LogP contribution in [0.4, 0.5) is 24.7 Å². The number of anilines is 2. The van der Waals surface area contributed by atoms with Crippen LogP contribution in [-0.2, 0) is 6.18 Å². The maximum Gasteiger partial charge on any atom is 0.468 e. The zero-order valence-electron chi connectivity index (χ0n) is 11.9. The van der Waals surface area contributed by atoms with E-state index in [9.17, 15) is 18.0 Å². The number of rotatable bonds is 5. The summed E-state index contributed by atoms with van der Waals surface area (Å²) in [4.78, 5) is 18.9. The lowest BCUT2D eigenvalue weighted by molar-refractivity contribution is -0.157. The first kappa shape index (κ1) is 16.7. The number of nitrogens with one attached hydrogen (secondary N) is 2. The zero-order chi connectivity index (χ0) is 17.0. The minimum absolute atomic E-state index is 0.0755. The van der Waals surface area contributed by atoms with Gasteiger partial charge in [-0.3, -0.25) is 4.79 Å². The number of amides is 1. The first-order chi connectivity index (χ1) is 10.8. The van der Waals surface area contributed by atoms with Gasteiger partial charge in [0.1, 0.15) is 12.1 Å². The highest BCUT2D eigenvalue weighted by Gasteiger charge is 2.37. The van der Waals surface area contributed by atoms with Crippen molar-refractivity contribution in [1.29, 1.82) is 0 Å². The zero-order valence-corrected chi connectivity index (χ0v) is 11.9. The van der Waals surface area contributed by atoms with E-state index in [1.165, 1.54) is 12.3 Å². The Morgan fingerprint density at radius 3 is 2.70 bits per heavy atom. The van der Waals surface area contributed by atoms with Crippen LogP contribution in [0.2, 0.25) is 0 Å². The molecule has 2 heterocycles. The molecule has 0 unspecified atom stereocenters. The van der Waals surface area contributed by atoms with Gasteiger partial charge in [0.25, 0.3) is 5.91 Å². The number of halogens is 3. The molecule has 0 saturated carbocycles. The number of aromatic nitrogens is 2. The van der Waals surface area contributed by atoms with Crippen LogP contribution in [0, 0.1) is 0 Å². The van der Waals surface area contributed by atoms with Gasteiger partial charge >= 0.3 is 12.1 Å². The van der Waals surface area contributed by atoms with E-state index in [-0.39, 0.29) is 18.3 Å². The molecule has 1 amide bonds. The second-order valence-corrected chi connectivity index (χ2v) is 4.65. The standard InChI is InChI=1S/C13H13F3N4O3/c1-7(5-21)18-10-3-2-8(4-17-10)19-11(22)9-6-23-12(20-9)13(14,15)16/h2-4,6-7,21H,5H2,1H3,(H,17,18)(H,19,22)/t7-/m0/s1. The van der Waals surface area contributed by atoms with Crippen LogP contribution >= 0.6 is 0 Å². The van der Waals surface area contributed by atoms with Gasteiger partial charge in [-0.25, -0.2) is 9.97 Å². The molecule has 0 bridgehead atoms. The molecule has 0 aliphatic heterocycles. The van der Waals surface area contributed by atoms with Crippen molar-refractivity contribution in [3.63, 3.8) is 0 Å². The molecule has 10 heteroatoms. The maximum atomic E-state index is 12.3.